The van der Waals surface area contributed by atoms with E-state index in [1.165, 1.54) is 17.2 Å². The van der Waals surface area contributed by atoms with Crippen molar-refractivity contribution in [1.82, 2.24) is 9.88 Å². The van der Waals surface area contributed by atoms with E-state index in [0.717, 1.165) is 12.8 Å². The summed E-state index contributed by atoms with van der Waals surface area (Å²) in [5, 5.41) is 19.0. The number of hydrogen-bond donors (Lipinski definition) is 2. The molecule has 1 aliphatic rings. The monoisotopic (exact) mass is 222 g/mol. The van der Waals surface area contributed by atoms with Gasteiger partial charge in [-0.1, -0.05) is 0 Å². The van der Waals surface area contributed by atoms with Gasteiger partial charge in [0, 0.05) is 19.3 Å². The summed E-state index contributed by atoms with van der Waals surface area (Å²) in [6.45, 7) is 0.917. The third-order valence-electron chi connectivity index (χ3n) is 2.67. The number of aromatic hydroxyl groups is 1. The van der Waals surface area contributed by atoms with Crippen LogP contribution in [0.3, 0.4) is 0 Å². The normalized spacial score (nSPS) is 20.8. The van der Waals surface area contributed by atoms with Crippen molar-refractivity contribution in [3.05, 3.63) is 24.0 Å². The molecule has 0 aromatic carbocycles. The van der Waals surface area contributed by atoms with Crippen LogP contribution >= 0.6 is 0 Å². The summed E-state index contributed by atoms with van der Waals surface area (Å²) >= 11 is 0. The minimum Gasteiger partial charge on any atom is -0.505 e. The van der Waals surface area contributed by atoms with Crippen molar-refractivity contribution in [1.29, 1.82) is 0 Å². The summed E-state index contributed by atoms with van der Waals surface area (Å²) in [5.74, 6) is -0.440. The summed E-state index contributed by atoms with van der Waals surface area (Å²) in [7, 11) is 0. The fourth-order valence-electron chi connectivity index (χ4n) is 1.85. The molecule has 0 bridgehead atoms. The Morgan fingerprint density at radius 1 is 1.56 bits per heavy atom. The first kappa shape index (κ1) is 10.9. The Morgan fingerprint density at radius 3 is 3.06 bits per heavy atom. The SMILES string of the molecule is O=C(c1ncccc1O)N1CCCC(O)C1. The van der Waals surface area contributed by atoms with E-state index in [2.05, 4.69) is 4.98 Å². The first-order valence-corrected chi connectivity index (χ1v) is 5.30. The molecule has 1 amide bonds. The largest absolute Gasteiger partial charge is 0.505 e. The molecule has 1 fully saturated rings. The van der Waals surface area contributed by atoms with E-state index in [0.29, 0.717) is 13.1 Å². The minimum atomic E-state index is -0.469. The van der Waals surface area contributed by atoms with Crippen LogP contribution in [0.25, 0.3) is 0 Å². The maximum absolute atomic E-state index is 12.0. The lowest BCUT2D eigenvalue weighted by Gasteiger charge is -2.29. The van der Waals surface area contributed by atoms with Gasteiger partial charge in [0.15, 0.2) is 5.69 Å². The summed E-state index contributed by atoms with van der Waals surface area (Å²) in [4.78, 5) is 17.3. The van der Waals surface area contributed by atoms with Crippen LogP contribution in [0.15, 0.2) is 18.3 Å². The Morgan fingerprint density at radius 2 is 2.38 bits per heavy atom. The van der Waals surface area contributed by atoms with Gasteiger partial charge < -0.3 is 15.1 Å². The van der Waals surface area contributed by atoms with Gasteiger partial charge in [0.2, 0.25) is 0 Å². The Kier molecular flexibility index (Phi) is 3.05. The van der Waals surface area contributed by atoms with Gasteiger partial charge in [-0.2, -0.15) is 0 Å². The first-order valence-electron chi connectivity index (χ1n) is 5.30. The number of nitrogens with zero attached hydrogens (tertiary/aromatic N) is 2. The second kappa shape index (κ2) is 4.49. The lowest BCUT2D eigenvalue weighted by molar-refractivity contribution is 0.0466. The van der Waals surface area contributed by atoms with Crippen molar-refractivity contribution in [2.24, 2.45) is 0 Å². The molecule has 1 aromatic rings. The minimum absolute atomic E-state index is 0.0524. The first-order chi connectivity index (χ1) is 7.68. The highest BCUT2D eigenvalue weighted by atomic mass is 16.3. The lowest BCUT2D eigenvalue weighted by Crippen LogP contribution is -2.42. The van der Waals surface area contributed by atoms with Gasteiger partial charge in [0.1, 0.15) is 5.75 Å². The third kappa shape index (κ3) is 2.14. The number of aliphatic hydroxyl groups is 1. The molecule has 2 rings (SSSR count). The Balaban J connectivity index is 2.16. The number of aliphatic hydroxyl groups excluding tert-OH is 1. The molecule has 86 valence electrons. The highest BCUT2D eigenvalue weighted by Gasteiger charge is 2.25. The molecule has 0 radical (unpaired) electrons. The van der Waals surface area contributed by atoms with Crippen molar-refractivity contribution >= 4 is 5.91 Å². The van der Waals surface area contributed by atoms with Crippen LogP contribution in [0.5, 0.6) is 5.75 Å². The predicted octanol–water partition coefficient (Wildman–Crippen LogP) is 0.384. The topological polar surface area (TPSA) is 73.7 Å². The molecule has 5 heteroatoms. The molecule has 1 aliphatic heterocycles. The standard InChI is InChI=1S/C11H14N2O3/c14-8-3-2-6-13(7-8)11(16)10-9(15)4-1-5-12-10/h1,4-5,8,14-15H,2-3,6-7H2. The number of carbonyl (C=O) groups is 1. The number of piperidine rings is 1. The van der Waals surface area contributed by atoms with E-state index in [1.54, 1.807) is 6.07 Å². The molecule has 0 saturated carbocycles. The molecule has 1 atom stereocenters. The van der Waals surface area contributed by atoms with Crippen LogP contribution < -0.4 is 0 Å². The van der Waals surface area contributed by atoms with E-state index in [4.69, 9.17) is 0 Å². The van der Waals surface area contributed by atoms with Crippen LogP contribution in [0.2, 0.25) is 0 Å². The van der Waals surface area contributed by atoms with Gasteiger partial charge in [-0.25, -0.2) is 4.98 Å². The second-order valence-corrected chi connectivity index (χ2v) is 3.92. The molecular formula is C11H14N2O3. The molecule has 0 aliphatic carbocycles. The number of pyridine rings is 1. The highest BCUT2D eigenvalue weighted by Crippen LogP contribution is 2.18. The fourth-order valence-corrected chi connectivity index (χ4v) is 1.85. The van der Waals surface area contributed by atoms with Gasteiger partial charge in [-0.05, 0) is 25.0 Å². The van der Waals surface area contributed by atoms with Crippen LogP contribution in [0.1, 0.15) is 23.3 Å². The van der Waals surface area contributed by atoms with Gasteiger partial charge in [-0.15, -0.1) is 0 Å². The van der Waals surface area contributed by atoms with Gasteiger partial charge in [-0.3, -0.25) is 4.79 Å². The Hall–Kier alpha value is -1.62. The molecule has 1 unspecified atom stereocenters. The van der Waals surface area contributed by atoms with Crippen molar-refractivity contribution in [2.75, 3.05) is 13.1 Å². The van der Waals surface area contributed by atoms with E-state index >= 15 is 0 Å². The van der Waals surface area contributed by atoms with Crippen molar-refractivity contribution in [3.63, 3.8) is 0 Å². The lowest BCUT2D eigenvalue weighted by atomic mass is 10.1. The zero-order valence-electron chi connectivity index (χ0n) is 8.83. The molecule has 1 aromatic heterocycles. The summed E-state index contributed by atoms with van der Waals surface area (Å²) in [6, 6.07) is 3.00. The van der Waals surface area contributed by atoms with Crippen molar-refractivity contribution in [2.45, 2.75) is 18.9 Å². The average Bonchev–Trinajstić information content (AvgIpc) is 2.29. The van der Waals surface area contributed by atoms with Crippen LogP contribution in [-0.2, 0) is 0 Å². The Labute approximate surface area is 93.3 Å². The maximum Gasteiger partial charge on any atom is 0.276 e. The summed E-state index contributed by atoms with van der Waals surface area (Å²) < 4.78 is 0. The van der Waals surface area contributed by atoms with Crippen LogP contribution in [-0.4, -0.2) is 45.2 Å². The number of likely N-dealkylation sites (tertiary alicyclic amines) is 1. The zero-order chi connectivity index (χ0) is 11.5. The molecule has 1 saturated heterocycles. The number of carbonyl (C=O) groups excluding carboxylic acids is 1. The molecule has 0 spiro atoms. The van der Waals surface area contributed by atoms with E-state index in [9.17, 15) is 15.0 Å². The van der Waals surface area contributed by atoms with Gasteiger partial charge >= 0.3 is 0 Å². The van der Waals surface area contributed by atoms with Crippen molar-refractivity contribution < 1.29 is 15.0 Å². The quantitative estimate of drug-likeness (QED) is 0.720. The summed E-state index contributed by atoms with van der Waals surface area (Å²) in [6.07, 6.45) is 2.50. The number of hydrogen-bond acceptors (Lipinski definition) is 4. The summed E-state index contributed by atoms with van der Waals surface area (Å²) in [5.41, 5.74) is 0.0524. The maximum atomic E-state index is 12.0. The van der Waals surface area contributed by atoms with E-state index < -0.39 is 6.10 Å². The number of β-amino-alcohol motifs (C(OH)–C–C–N with tert-alkyl or cyclic N) is 1. The van der Waals surface area contributed by atoms with Crippen LogP contribution in [0.4, 0.5) is 0 Å². The average molecular weight is 222 g/mol. The molecule has 2 N–H and O–H groups in total. The molecule has 16 heavy (non-hydrogen) atoms. The van der Waals surface area contributed by atoms with E-state index in [-0.39, 0.29) is 17.4 Å². The molecular weight excluding hydrogens is 208 g/mol. The van der Waals surface area contributed by atoms with Gasteiger partial charge in [0.05, 0.1) is 6.10 Å². The molecule has 2 heterocycles. The second-order valence-electron chi connectivity index (χ2n) is 3.92. The third-order valence-corrected chi connectivity index (χ3v) is 2.67. The van der Waals surface area contributed by atoms with Crippen LogP contribution in [0, 0.1) is 0 Å². The zero-order valence-corrected chi connectivity index (χ0v) is 8.83. The van der Waals surface area contributed by atoms with E-state index in [1.807, 2.05) is 0 Å². The highest BCUT2D eigenvalue weighted by molar-refractivity contribution is 5.94. The predicted molar refractivity (Wildman–Crippen MR) is 57.0 cm³/mol. The Bertz CT molecular complexity index is 395. The number of rotatable bonds is 1. The number of aromatic nitrogens is 1. The van der Waals surface area contributed by atoms with Gasteiger partial charge in [0.25, 0.3) is 5.91 Å². The van der Waals surface area contributed by atoms with Crippen molar-refractivity contribution in [3.8, 4) is 5.75 Å². The number of amides is 1. The smallest absolute Gasteiger partial charge is 0.276 e. The fraction of sp³-hybridized carbons (Fsp3) is 0.455. The molecule has 5 nitrogen and oxygen atoms in total.